The Morgan fingerprint density at radius 2 is 1.54 bits per heavy atom. The van der Waals surface area contributed by atoms with Crippen LogP contribution in [0.25, 0.3) is 0 Å². The number of aliphatic imine (C=N–C) groups is 1. The normalized spacial score (nSPS) is 11.9. The monoisotopic (exact) mass is 494 g/mol. The Morgan fingerprint density at radius 1 is 0.929 bits per heavy atom. The molecule has 1 amide bonds. The SMILES string of the molecule is CCNC(=NCC(Cc1ccccc1)c1ccccc1)NCCNC(C)=O.I. The van der Waals surface area contributed by atoms with Crippen molar-refractivity contribution in [3.63, 3.8) is 0 Å². The van der Waals surface area contributed by atoms with E-state index in [1.807, 2.05) is 19.1 Å². The lowest BCUT2D eigenvalue weighted by Gasteiger charge is -2.17. The molecule has 0 bridgehead atoms. The number of carbonyl (C=O) groups excluding carboxylic acids is 1. The quantitative estimate of drug-likeness (QED) is 0.217. The fourth-order valence-electron chi connectivity index (χ4n) is 2.87. The van der Waals surface area contributed by atoms with Gasteiger partial charge in [0.05, 0.1) is 0 Å². The molecule has 0 aromatic heterocycles. The standard InChI is InChI=1S/C22H30N4O.HI/c1-3-23-22(25-15-14-24-18(2)27)26-17-21(20-12-8-5-9-13-20)16-19-10-6-4-7-11-19;/h4-13,21H,3,14-17H2,1-2H3,(H,24,27)(H2,23,25,26);1H. The molecule has 0 aliphatic rings. The molecule has 5 nitrogen and oxygen atoms in total. The second-order valence-electron chi connectivity index (χ2n) is 6.43. The number of rotatable bonds is 9. The summed E-state index contributed by atoms with van der Waals surface area (Å²) in [6.07, 6.45) is 0.944. The largest absolute Gasteiger partial charge is 0.357 e. The molecule has 0 heterocycles. The highest BCUT2D eigenvalue weighted by Gasteiger charge is 2.12. The zero-order valence-electron chi connectivity index (χ0n) is 16.7. The van der Waals surface area contributed by atoms with Crippen molar-refractivity contribution in [2.75, 3.05) is 26.2 Å². The third-order valence-electron chi connectivity index (χ3n) is 4.20. The molecule has 0 fully saturated rings. The van der Waals surface area contributed by atoms with Crippen molar-refractivity contribution in [3.05, 3.63) is 71.8 Å². The van der Waals surface area contributed by atoms with Crippen molar-refractivity contribution < 1.29 is 4.79 Å². The molecule has 0 radical (unpaired) electrons. The summed E-state index contributed by atoms with van der Waals surface area (Å²) in [5.41, 5.74) is 2.60. The van der Waals surface area contributed by atoms with Crippen LogP contribution in [0.1, 0.15) is 30.9 Å². The predicted octanol–water partition coefficient (Wildman–Crippen LogP) is 3.32. The number of nitrogens with one attached hydrogen (secondary N) is 3. The van der Waals surface area contributed by atoms with E-state index in [-0.39, 0.29) is 29.9 Å². The van der Waals surface area contributed by atoms with E-state index in [4.69, 9.17) is 4.99 Å². The van der Waals surface area contributed by atoms with Crippen molar-refractivity contribution >= 4 is 35.8 Å². The molecule has 0 aliphatic heterocycles. The smallest absolute Gasteiger partial charge is 0.216 e. The van der Waals surface area contributed by atoms with Gasteiger partial charge in [-0.05, 0) is 24.5 Å². The third kappa shape index (κ3) is 9.21. The van der Waals surface area contributed by atoms with Gasteiger partial charge >= 0.3 is 0 Å². The molecule has 2 aromatic rings. The van der Waals surface area contributed by atoms with Crippen molar-refractivity contribution in [3.8, 4) is 0 Å². The summed E-state index contributed by atoms with van der Waals surface area (Å²) < 4.78 is 0. The highest BCUT2D eigenvalue weighted by Crippen LogP contribution is 2.21. The first-order valence-corrected chi connectivity index (χ1v) is 9.54. The summed E-state index contributed by atoms with van der Waals surface area (Å²) in [5.74, 6) is 1.06. The second kappa shape index (κ2) is 14.0. The topological polar surface area (TPSA) is 65.5 Å². The summed E-state index contributed by atoms with van der Waals surface area (Å²) in [4.78, 5) is 15.8. The van der Waals surface area contributed by atoms with Crippen LogP contribution in [0.15, 0.2) is 65.7 Å². The summed E-state index contributed by atoms with van der Waals surface area (Å²) >= 11 is 0. The minimum Gasteiger partial charge on any atom is -0.357 e. The lowest BCUT2D eigenvalue weighted by molar-refractivity contribution is -0.118. The molecule has 28 heavy (non-hydrogen) atoms. The number of hydrogen-bond donors (Lipinski definition) is 3. The molecule has 0 saturated carbocycles. The van der Waals surface area contributed by atoms with Crippen LogP contribution in [0.4, 0.5) is 0 Å². The predicted molar refractivity (Wildman–Crippen MR) is 127 cm³/mol. The van der Waals surface area contributed by atoms with E-state index >= 15 is 0 Å². The van der Waals surface area contributed by atoms with Gasteiger partial charge in [-0.1, -0.05) is 60.7 Å². The van der Waals surface area contributed by atoms with Gasteiger partial charge in [0.15, 0.2) is 5.96 Å². The molecule has 1 unspecified atom stereocenters. The van der Waals surface area contributed by atoms with Crippen LogP contribution < -0.4 is 16.0 Å². The molecular weight excluding hydrogens is 463 g/mol. The third-order valence-corrected chi connectivity index (χ3v) is 4.20. The molecule has 152 valence electrons. The fourth-order valence-corrected chi connectivity index (χ4v) is 2.87. The van der Waals surface area contributed by atoms with Gasteiger partial charge in [0.1, 0.15) is 0 Å². The summed E-state index contributed by atoms with van der Waals surface area (Å²) in [6.45, 7) is 6.26. The highest BCUT2D eigenvalue weighted by atomic mass is 127. The van der Waals surface area contributed by atoms with Crippen molar-refractivity contribution in [2.24, 2.45) is 4.99 Å². The minimum atomic E-state index is -0.0225. The summed E-state index contributed by atoms with van der Waals surface area (Å²) in [7, 11) is 0. The van der Waals surface area contributed by atoms with Gasteiger partial charge in [0, 0.05) is 39.0 Å². The molecule has 1 atom stereocenters. The van der Waals surface area contributed by atoms with Gasteiger partial charge in [0.2, 0.25) is 5.91 Å². The zero-order chi connectivity index (χ0) is 19.3. The van der Waals surface area contributed by atoms with Crippen LogP contribution in [0.3, 0.4) is 0 Å². The minimum absolute atomic E-state index is 0. The average molecular weight is 494 g/mol. The van der Waals surface area contributed by atoms with Crippen molar-refractivity contribution in [1.82, 2.24) is 16.0 Å². The van der Waals surface area contributed by atoms with Gasteiger partial charge < -0.3 is 16.0 Å². The van der Waals surface area contributed by atoms with E-state index < -0.39 is 0 Å². The molecule has 0 aliphatic carbocycles. The van der Waals surface area contributed by atoms with E-state index in [9.17, 15) is 4.79 Å². The first-order valence-electron chi connectivity index (χ1n) is 9.54. The Hall–Kier alpha value is -2.09. The van der Waals surface area contributed by atoms with Gasteiger partial charge in [-0.25, -0.2) is 0 Å². The summed E-state index contributed by atoms with van der Waals surface area (Å²) in [6, 6.07) is 21.1. The number of benzene rings is 2. The van der Waals surface area contributed by atoms with Crippen LogP contribution in [-0.4, -0.2) is 38.0 Å². The Labute approximate surface area is 185 Å². The Kier molecular flexibility index (Phi) is 12.0. The van der Waals surface area contributed by atoms with Crippen LogP contribution in [0, 0.1) is 0 Å². The number of hydrogen-bond acceptors (Lipinski definition) is 2. The number of guanidine groups is 1. The molecule has 0 spiro atoms. The molecule has 2 aromatic carbocycles. The fraction of sp³-hybridized carbons (Fsp3) is 0.364. The van der Waals surface area contributed by atoms with Crippen LogP contribution >= 0.6 is 24.0 Å². The first-order chi connectivity index (χ1) is 13.2. The van der Waals surface area contributed by atoms with Gasteiger partial charge in [-0.3, -0.25) is 9.79 Å². The molecule has 6 heteroatoms. The summed E-state index contributed by atoms with van der Waals surface area (Å²) in [5, 5.41) is 9.32. The molecule has 0 saturated heterocycles. The Balaban J connectivity index is 0.00000392. The maximum atomic E-state index is 11.0. The number of halogens is 1. The number of nitrogens with zero attached hydrogens (tertiary/aromatic N) is 1. The van der Waals surface area contributed by atoms with Gasteiger partial charge in [0.25, 0.3) is 0 Å². The van der Waals surface area contributed by atoms with Crippen LogP contribution in [0.5, 0.6) is 0 Å². The van der Waals surface area contributed by atoms with Crippen LogP contribution in [-0.2, 0) is 11.2 Å². The maximum Gasteiger partial charge on any atom is 0.216 e. The molecule has 2 rings (SSSR count). The molecular formula is C22H31IN4O. The number of amides is 1. The Bertz CT molecular complexity index is 707. The average Bonchev–Trinajstić information content (AvgIpc) is 2.69. The first kappa shape index (κ1) is 23.9. The van der Waals surface area contributed by atoms with Crippen molar-refractivity contribution in [1.29, 1.82) is 0 Å². The Morgan fingerprint density at radius 3 is 2.14 bits per heavy atom. The lowest BCUT2D eigenvalue weighted by Crippen LogP contribution is -2.41. The number of carbonyl (C=O) groups is 1. The zero-order valence-corrected chi connectivity index (χ0v) is 19.0. The maximum absolute atomic E-state index is 11.0. The lowest BCUT2D eigenvalue weighted by atomic mass is 9.92. The van der Waals surface area contributed by atoms with E-state index in [2.05, 4.69) is 64.5 Å². The van der Waals surface area contributed by atoms with Gasteiger partial charge in [-0.15, -0.1) is 24.0 Å². The van der Waals surface area contributed by atoms with E-state index in [0.29, 0.717) is 25.6 Å². The van der Waals surface area contributed by atoms with Crippen LogP contribution in [0.2, 0.25) is 0 Å². The van der Waals surface area contributed by atoms with E-state index in [1.165, 1.54) is 18.1 Å². The molecule has 3 N–H and O–H groups in total. The van der Waals surface area contributed by atoms with E-state index in [0.717, 1.165) is 18.9 Å². The van der Waals surface area contributed by atoms with Gasteiger partial charge in [-0.2, -0.15) is 0 Å². The van der Waals surface area contributed by atoms with E-state index in [1.54, 1.807) is 0 Å². The highest BCUT2D eigenvalue weighted by molar-refractivity contribution is 14.0. The van der Waals surface area contributed by atoms with Crippen molar-refractivity contribution in [2.45, 2.75) is 26.2 Å². The second-order valence-corrected chi connectivity index (χ2v) is 6.43.